The van der Waals surface area contributed by atoms with Gasteiger partial charge in [0.15, 0.2) is 0 Å². The van der Waals surface area contributed by atoms with Crippen molar-refractivity contribution in [3.63, 3.8) is 0 Å². The van der Waals surface area contributed by atoms with Crippen molar-refractivity contribution in [1.29, 1.82) is 0 Å². The van der Waals surface area contributed by atoms with E-state index < -0.39 is 6.04 Å². The highest BCUT2D eigenvalue weighted by Gasteiger charge is 2.26. The quantitative estimate of drug-likeness (QED) is 0.612. The second-order valence-electron chi connectivity index (χ2n) is 6.49. The lowest BCUT2D eigenvalue weighted by atomic mass is 9.92. The Bertz CT molecular complexity index is 765. The van der Waals surface area contributed by atoms with Crippen LogP contribution in [0, 0.1) is 5.92 Å². The summed E-state index contributed by atoms with van der Waals surface area (Å²) >= 11 is 0. The van der Waals surface area contributed by atoms with E-state index in [1.54, 1.807) is 36.4 Å². The Hall–Kier alpha value is -2.61. The average molecular weight is 405 g/mol. The molecule has 2 aromatic rings. The van der Waals surface area contributed by atoms with Crippen molar-refractivity contribution in [1.82, 2.24) is 0 Å². The number of nitrogens with two attached hydrogens (primary N) is 1. The average Bonchev–Trinajstić information content (AvgIpc) is 2.70. The maximum Gasteiger partial charge on any atom is 0.323 e. The van der Waals surface area contributed by atoms with Gasteiger partial charge in [-0.3, -0.25) is 4.79 Å². The minimum atomic E-state index is -0.552. The summed E-state index contributed by atoms with van der Waals surface area (Å²) in [6, 6.07) is 15.2. The molecule has 1 atom stereocenters. The predicted octanol–water partition coefficient (Wildman–Crippen LogP) is 3.44. The van der Waals surface area contributed by atoms with E-state index >= 15 is 0 Å². The summed E-state index contributed by atoms with van der Waals surface area (Å²) < 4.78 is 5.30. The van der Waals surface area contributed by atoms with E-state index in [4.69, 9.17) is 10.5 Å². The normalized spacial score (nSPS) is 15.0. The molecule has 8 heteroatoms. The maximum atomic E-state index is 12.3. The fourth-order valence-electron chi connectivity index (χ4n) is 2.97. The van der Waals surface area contributed by atoms with Gasteiger partial charge in [-0.2, -0.15) is 0 Å². The van der Waals surface area contributed by atoms with E-state index in [1.165, 1.54) is 0 Å². The van der Waals surface area contributed by atoms with Crippen LogP contribution in [0.5, 0.6) is 0 Å². The second kappa shape index (κ2) is 10.7. The summed E-state index contributed by atoms with van der Waals surface area (Å²) in [5.41, 5.74) is 8.04. The van der Waals surface area contributed by atoms with Crippen molar-refractivity contribution in [2.75, 3.05) is 29.2 Å². The van der Waals surface area contributed by atoms with Gasteiger partial charge in [0, 0.05) is 30.3 Å². The molecule has 28 heavy (non-hydrogen) atoms. The summed E-state index contributed by atoms with van der Waals surface area (Å²) in [5.74, 6) is -0.0641. The van der Waals surface area contributed by atoms with Gasteiger partial charge in [0.1, 0.15) is 0 Å². The molecule has 1 aliphatic rings. The number of urea groups is 1. The second-order valence-corrected chi connectivity index (χ2v) is 6.49. The van der Waals surface area contributed by atoms with Gasteiger partial charge >= 0.3 is 6.03 Å². The molecule has 0 bridgehead atoms. The summed E-state index contributed by atoms with van der Waals surface area (Å²) in [6.07, 6.45) is 1.60. The molecule has 0 aromatic heterocycles. The first-order chi connectivity index (χ1) is 13.1. The molecule has 0 spiro atoms. The van der Waals surface area contributed by atoms with E-state index in [2.05, 4.69) is 16.0 Å². The molecule has 1 aliphatic heterocycles. The summed E-state index contributed by atoms with van der Waals surface area (Å²) in [7, 11) is 0. The highest BCUT2D eigenvalue weighted by atomic mass is 35.5. The highest BCUT2D eigenvalue weighted by molar-refractivity contribution is 6.00. The Labute approximate surface area is 170 Å². The molecule has 0 saturated carbocycles. The molecule has 7 nitrogen and oxygen atoms in total. The van der Waals surface area contributed by atoms with Gasteiger partial charge in [-0.1, -0.05) is 18.2 Å². The summed E-state index contributed by atoms with van der Waals surface area (Å²) in [5, 5.41) is 8.31. The smallest absolute Gasteiger partial charge is 0.323 e. The summed E-state index contributed by atoms with van der Waals surface area (Å²) in [6.45, 7) is 1.30. The van der Waals surface area contributed by atoms with E-state index in [1.807, 2.05) is 18.2 Å². The molecule has 5 N–H and O–H groups in total. The van der Waals surface area contributed by atoms with Crippen LogP contribution in [0.15, 0.2) is 54.6 Å². The van der Waals surface area contributed by atoms with Gasteiger partial charge in [-0.15, -0.1) is 12.4 Å². The van der Waals surface area contributed by atoms with Crippen molar-refractivity contribution in [2.45, 2.75) is 18.9 Å². The third kappa shape index (κ3) is 6.23. The minimum absolute atomic E-state index is 0. The molecule has 1 fully saturated rings. The third-order valence-corrected chi connectivity index (χ3v) is 4.52. The van der Waals surface area contributed by atoms with Gasteiger partial charge in [-0.05, 0) is 55.2 Å². The standard InChI is InChI=1S/C20H24N4O3.ClH/c21-18(14-10-12-27-13-11-14)19(25)22-16-6-8-17(9-7-16)24-20(26)23-15-4-2-1-3-5-15;/h1-9,14,18H,10-13,21H2,(H,22,25)(H2,23,24,26);1H. The lowest BCUT2D eigenvalue weighted by molar-refractivity contribution is -0.119. The first-order valence-electron chi connectivity index (χ1n) is 8.99. The molecule has 3 amide bonds. The van der Waals surface area contributed by atoms with E-state index in [0.29, 0.717) is 30.3 Å². The first-order valence-corrected chi connectivity index (χ1v) is 8.99. The Morgan fingerprint density at radius 3 is 1.93 bits per heavy atom. The van der Waals surface area contributed by atoms with Gasteiger partial charge in [0.05, 0.1) is 6.04 Å². The van der Waals surface area contributed by atoms with Crippen molar-refractivity contribution in [3.8, 4) is 0 Å². The number of hydrogen-bond acceptors (Lipinski definition) is 4. The van der Waals surface area contributed by atoms with Crippen LogP contribution in [-0.4, -0.2) is 31.2 Å². The maximum absolute atomic E-state index is 12.3. The lowest BCUT2D eigenvalue weighted by Crippen LogP contribution is -2.43. The number of benzene rings is 2. The number of rotatable bonds is 5. The number of halogens is 1. The van der Waals surface area contributed by atoms with Crippen LogP contribution in [-0.2, 0) is 9.53 Å². The van der Waals surface area contributed by atoms with Crippen molar-refractivity contribution >= 4 is 41.4 Å². The molecule has 1 heterocycles. The highest BCUT2D eigenvalue weighted by Crippen LogP contribution is 2.20. The van der Waals surface area contributed by atoms with Gasteiger partial charge in [0.25, 0.3) is 0 Å². The fourth-order valence-corrected chi connectivity index (χ4v) is 2.97. The zero-order valence-corrected chi connectivity index (χ0v) is 16.2. The molecule has 0 aliphatic carbocycles. The number of hydrogen-bond donors (Lipinski definition) is 4. The van der Waals surface area contributed by atoms with Crippen LogP contribution in [0.3, 0.4) is 0 Å². The van der Waals surface area contributed by atoms with Crippen LogP contribution in [0.4, 0.5) is 21.9 Å². The van der Waals surface area contributed by atoms with Crippen LogP contribution in [0.25, 0.3) is 0 Å². The number of carbonyl (C=O) groups is 2. The summed E-state index contributed by atoms with van der Waals surface area (Å²) in [4.78, 5) is 24.3. The Kier molecular flexibility index (Phi) is 8.25. The van der Waals surface area contributed by atoms with Crippen molar-refractivity contribution in [3.05, 3.63) is 54.6 Å². The van der Waals surface area contributed by atoms with Crippen LogP contribution in [0.1, 0.15) is 12.8 Å². The fraction of sp³-hybridized carbons (Fsp3) is 0.300. The Morgan fingerprint density at radius 2 is 1.36 bits per heavy atom. The first kappa shape index (κ1) is 21.7. The molecular formula is C20H25ClN4O3. The monoisotopic (exact) mass is 404 g/mol. The van der Waals surface area contributed by atoms with Crippen molar-refractivity contribution in [2.24, 2.45) is 11.7 Å². The predicted molar refractivity (Wildman–Crippen MR) is 113 cm³/mol. The number of carbonyl (C=O) groups excluding carboxylic acids is 2. The molecule has 0 radical (unpaired) electrons. The number of para-hydroxylation sites is 1. The van der Waals surface area contributed by atoms with E-state index in [9.17, 15) is 9.59 Å². The third-order valence-electron chi connectivity index (χ3n) is 4.52. The number of amides is 3. The van der Waals surface area contributed by atoms with Gasteiger partial charge in [0.2, 0.25) is 5.91 Å². The SMILES string of the molecule is Cl.NC(C(=O)Nc1ccc(NC(=O)Nc2ccccc2)cc1)C1CCOCC1. The topological polar surface area (TPSA) is 105 Å². The van der Waals surface area contributed by atoms with E-state index in [0.717, 1.165) is 12.8 Å². The molecule has 3 rings (SSSR count). The zero-order chi connectivity index (χ0) is 19.1. The van der Waals surface area contributed by atoms with Gasteiger partial charge < -0.3 is 26.4 Å². The zero-order valence-electron chi connectivity index (χ0n) is 15.4. The largest absolute Gasteiger partial charge is 0.381 e. The van der Waals surface area contributed by atoms with Crippen molar-refractivity contribution < 1.29 is 14.3 Å². The molecule has 2 aromatic carbocycles. The molecule has 1 unspecified atom stereocenters. The minimum Gasteiger partial charge on any atom is -0.381 e. The number of ether oxygens (including phenoxy) is 1. The lowest BCUT2D eigenvalue weighted by Gasteiger charge is -2.26. The Morgan fingerprint density at radius 1 is 0.857 bits per heavy atom. The molecule has 150 valence electrons. The number of anilines is 3. The van der Waals surface area contributed by atoms with Crippen LogP contribution in [0.2, 0.25) is 0 Å². The molecular weight excluding hydrogens is 380 g/mol. The van der Waals surface area contributed by atoms with Crippen LogP contribution >= 0.6 is 12.4 Å². The Balaban J connectivity index is 0.00000280. The van der Waals surface area contributed by atoms with Gasteiger partial charge in [-0.25, -0.2) is 4.79 Å². The molecule has 1 saturated heterocycles. The van der Waals surface area contributed by atoms with Crippen LogP contribution < -0.4 is 21.7 Å². The number of nitrogens with one attached hydrogen (secondary N) is 3. The van der Waals surface area contributed by atoms with E-state index in [-0.39, 0.29) is 30.3 Å².